The highest BCUT2D eigenvalue weighted by atomic mass is 32.2. The Kier molecular flexibility index (Phi) is 6.32. The lowest BCUT2D eigenvalue weighted by molar-refractivity contribution is -0.659. The van der Waals surface area contributed by atoms with Crippen molar-refractivity contribution in [1.29, 1.82) is 0 Å². The molecule has 4 aromatic carbocycles. The minimum atomic E-state index is -4.26. The molecular formula is C36H37F3NS+. The summed E-state index contributed by atoms with van der Waals surface area (Å²) in [4.78, 5) is 2.53. The van der Waals surface area contributed by atoms with E-state index in [2.05, 4.69) is 82.8 Å². The van der Waals surface area contributed by atoms with Gasteiger partial charge in [0.05, 0.1) is 16.4 Å². The van der Waals surface area contributed by atoms with Crippen LogP contribution >= 0.6 is 11.8 Å². The molecule has 2 heterocycles. The molecule has 0 unspecified atom stereocenters. The van der Waals surface area contributed by atoms with Crippen molar-refractivity contribution in [3.05, 3.63) is 77.0 Å². The molecule has 0 spiro atoms. The zero-order valence-electron chi connectivity index (χ0n) is 25.1. The van der Waals surface area contributed by atoms with Gasteiger partial charge in [0, 0.05) is 21.2 Å². The molecule has 5 aromatic rings. The zero-order chi connectivity index (χ0) is 29.6. The highest BCUT2D eigenvalue weighted by Gasteiger charge is 2.47. The van der Waals surface area contributed by atoms with Gasteiger partial charge >= 0.3 is 6.18 Å². The summed E-state index contributed by atoms with van der Waals surface area (Å²) in [6.45, 7) is 13.9. The Bertz CT molecular complexity index is 1890. The molecule has 1 aromatic heterocycles. The van der Waals surface area contributed by atoms with Crippen LogP contribution in [-0.2, 0) is 19.9 Å². The molecule has 41 heavy (non-hydrogen) atoms. The lowest BCUT2D eigenvalue weighted by Gasteiger charge is -2.29. The topological polar surface area (TPSA) is 3.88 Å². The van der Waals surface area contributed by atoms with E-state index < -0.39 is 11.6 Å². The first-order valence-corrected chi connectivity index (χ1v) is 15.1. The number of aromatic nitrogens is 1. The summed E-state index contributed by atoms with van der Waals surface area (Å²) < 4.78 is 43.4. The third-order valence-corrected chi connectivity index (χ3v) is 9.81. The Morgan fingerprint density at radius 2 is 1.51 bits per heavy atom. The van der Waals surface area contributed by atoms with Gasteiger partial charge < -0.3 is 0 Å². The number of hydrogen-bond donors (Lipinski definition) is 0. The molecule has 0 saturated heterocycles. The normalized spacial score (nSPS) is 13.8. The summed E-state index contributed by atoms with van der Waals surface area (Å²) in [5.74, 6) is 0. The van der Waals surface area contributed by atoms with Crippen molar-refractivity contribution in [2.45, 2.75) is 77.3 Å². The summed E-state index contributed by atoms with van der Waals surface area (Å²) >= 11 is 1.85. The Morgan fingerprint density at radius 1 is 0.780 bits per heavy atom. The van der Waals surface area contributed by atoms with E-state index in [9.17, 15) is 13.2 Å². The van der Waals surface area contributed by atoms with E-state index in [4.69, 9.17) is 0 Å². The van der Waals surface area contributed by atoms with Crippen molar-refractivity contribution in [1.82, 2.24) is 0 Å². The summed E-state index contributed by atoms with van der Waals surface area (Å²) in [6.07, 6.45) is -1.25. The number of fused-ring (bicyclic) bond motifs is 5. The van der Waals surface area contributed by atoms with E-state index in [1.54, 1.807) is 0 Å². The standard InChI is InChI=1S/C36H37F3NS/c1-20-9-12-24-26(15-20)21(2)30-32-31-25(13-14-40(32)8)27-16-22(18-35(6,7)36(37,38)39)10-11-23(27)17-29(31)41-33(30)28(24)19-34(3,4)5/h9-17H,18-19H2,1-8H3/q+1. The molecule has 0 saturated carbocycles. The third-order valence-electron chi connectivity index (χ3n) is 8.61. The number of hydrogen-bond acceptors (Lipinski definition) is 1. The van der Waals surface area contributed by atoms with E-state index in [1.807, 2.05) is 30.0 Å². The first kappa shape index (κ1) is 28.1. The second kappa shape index (κ2) is 9.22. The smallest absolute Gasteiger partial charge is 0.200 e. The Balaban J connectivity index is 1.67. The molecule has 212 valence electrons. The summed E-state index contributed by atoms with van der Waals surface area (Å²) in [5, 5.41) is 6.96. The highest BCUT2D eigenvalue weighted by Crippen LogP contribution is 2.53. The molecule has 0 atom stereocenters. The van der Waals surface area contributed by atoms with Crippen LogP contribution in [0.1, 0.15) is 56.9 Å². The Hall–Kier alpha value is -3.05. The number of aryl methyl sites for hydroxylation is 3. The maximum atomic E-state index is 13.7. The molecule has 0 bridgehead atoms. The number of alkyl halides is 3. The van der Waals surface area contributed by atoms with Crippen molar-refractivity contribution < 1.29 is 17.7 Å². The van der Waals surface area contributed by atoms with Gasteiger partial charge in [0.2, 0.25) is 5.69 Å². The van der Waals surface area contributed by atoms with Gasteiger partial charge in [0.15, 0.2) is 6.20 Å². The van der Waals surface area contributed by atoms with Crippen LogP contribution in [0.2, 0.25) is 0 Å². The van der Waals surface area contributed by atoms with Crippen LogP contribution in [0.3, 0.4) is 0 Å². The van der Waals surface area contributed by atoms with Crippen molar-refractivity contribution in [3.8, 4) is 11.3 Å². The molecule has 1 aliphatic heterocycles. The van der Waals surface area contributed by atoms with Crippen molar-refractivity contribution in [3.63, 3.8) is 0 Å². The van der Waals surface area contributed by atoms with Gasteiger partial charge in [0.1, 0.15) is 7.05 Å². The summed E-state index contributed by atoms with van der Waals surface area (Å²) in [5.41, 5.74) is 5.40. The number of pyridine rings is 1. The van der Waals surface area contributed by atoms with Gasteiger partial charge in [-0.15, -0.1) is 0 Å². The van der Waals surface area contributed by atoms with Crippen molar-refractivity contribution >= 4 is 44.1 Å². The molecular weight excluding hydrogens is 535 g/mol. The first-order valence-electron chi connectivity index (χ1n) is 14.2. The van der Waals surface area contributed by atoms with Crippen LogP contribution in [0.4, 0.5) is 13.2 Å². The monoisotopic (exact) mass is 572 g/mol. The Labute approximate surface area is 244 Å². The predicted molar refractivity (Wildman–Crippen MR) is 166 cm³/mol. The Morgan fingerprint density at radius 3 is 2.20 bits per heavy atom. The van der Waals surface area contributed by atoms with E-state index in [0.717, 1.165) is 22.6 Å². The molecule has 5 heteroatoms. The quantitative estimate of drug-likeness (QED) is 0.151. The van der Waals surface area contributed by atoms with Gasteiger partial charge in [-0.3, -0.25) is 0 Å². The minimum Gasteiger partial charge on any atom is -0.200 e. The predicted octanol–water partition coefficient (Wildman–Crippen LogP) is 10.4. The fourth-order valence-electron chi connectivity index (χ4n) is 6.42. The summed E-state index contributed by atoms with van der Waals surface area (Å²) in [6, 6.07) is 17.0. The highest BCUT2D eigenvalue weighted by molar-refractivity contribution is 8.00. The fraction of sp³-hybridized carbons (Fsp3) is 0.361. The van der Waals surface area contributed by atoms with Crippen molar-refractivity contribution in [2.75, 3.05) is 0 Å². The van der Waals surface area contributed by atoms with Crippen molar-refractivity contribution in [2.24, 2.45) is 17.9 Å². The molecule has 0 radical (unpaired) electrons. The number of nitrogens with zero attached hydrogens (tertiary/aromatic N) is 1. The van der Waals surface area contributed by atoms with Gasteiger partial charge in [0.25, 0.3) is 0 Å². The van der Waals surface area contributed by atoms with Gasteiger partial charge in [-0.05, 0) is 76.4 Å². The van der Waals surface area contributed by atoms with E-state index in [0.29, 0.717) is 5.56 Å². The van der Waals surface area contributed by atoms with Crippen LogP contribution in [0, 0.1) is 24.7 Å². The first-order chi connectivity index (χ1) is 19.1. The van der Waals surface area contributed by atoms with Crippen LogP contribution in [0.15, 0.2) is 64.5 Å². The SMILES string of the molecule is Cc1ccc2c(CC(C)(C)C)c3c(c(C)c2c1)-c1c2c(cc4ccc(CC(C)(C)C(F)(F)F)cc4c2cc[n+]1C)S3. The molecule has 0 N–H and O–H groups in total. The average Bonchev–Trinajstić information content (AvgIpc) is 2.86. The number of halogens is 3. The number of benzene rings is 4. The maximum absolute atomic E-state index is 13.7. The number of rotatable bonds is 3. The lowest BCUT2D eigenvalue weighted by atomic mass is 9.82. The minimum absolute atomic E-state index is 0.0542. The molecule has 0 fully saturated rings. The molecule has 6 rings (SSSR count). The lowest BCUT2D eigenvalue weighted by Crippen LogP contribution is -2.34. The second-order valence-electron chi connectivity index (χ2n) is 13.7. The van der Waals surface area contributed by atoms with Crippen LogP contribution < -0.4 is 4.57 Å². The second-order valence-corrected chi connectivity index (χ2v) is 14.8. The maximum Gasteiger partial charge on any atom is 0.394 e. The fourth-order valence-corrected chi connectivity index (χ4v) is 7.80. The molecule has 0 amide bonds. The van der Waals surface area contributed by atoms with E-state index in [1.165, 1.54) is 67.7 Å². The van der Waals surface area contributed by atoms with Crippen LogP contribution in [0.25, 0.3) is 43.6 Å². The van der Waals surface area contributed by atoms with E-state index in [-0.39, 0.29) is 11.8 Å². The average molecular weight is 573 g/mol. The third kappa shape index (κ3) is 4.61. The van der Waals surface area contributed by atoms with E-state index >= 15 is 0 Å². The van der Waals surface area contributed by atoms with Gasteiger partial charge in [-0.25, -0.2) is 4.57 Å². The zero-order valence-corrected chi connectivity index (χ0v) is 25.9. The molecule has 0 aliphatic carbocycles. The largest absolute Gasteiger partial charge is 0.394 e. The van der Waals surface area contributed by atoms with Gasteiger partial charge in [-0.2, -0.15) is 13.2 Å². The molecule has 1 nitrogen and oxygen atoms in total. The summed E-state index contributed by atoms with van der Waals surface area (Å²) in [7, 11) is 2.11. The van der Waals surface area contributed by atoms with Gasteiger partial charge in [-0.1, -0.05) is 88.3 Å². The van der Waals surface area contributed by atoms with Crippen LogP contribution in [0.5, 0.6) is 0 Å². The molecule has 1 aliphatic rings. The van der Waals surface area contributed by atoms with Crippen LogP contribution in [-0.4, -0.2) is 6.18 Å².